The highest BCUT2D eigenvalue weighted by atomic mass is 19.4. The molecule has 0 radical (unpaired) electrons. The highest BCUT2D eigenvalue weighted by molar-refractivity contribution is 5.87. The van der Waals surface area contributed by atoms with E-state index in [1.165, 1.54) is 5.01 Å². The fourth-order valence-electron chi connectivity index (χ4n) is 3.96. The molecule has 12 nitrogen and oxygen atoms in total. The summed E-state index contributed by atoms with van der Waals surface area (Å²) >= 11 is 0. The molecule has 1 atom stereocenters. The van der Waals surface area contributed by atoms with E-state index in [9.17, 15) is 35.9 Å². The quantitative estimate of drug-likeness (QED) is 0.148. The Kier molecular flexibility index (Phi) is 13.2. The topological polar surface area (TPSA) is 178 Å². The van der Waals surface area contributed by atoms with Gasteiger partial charge in [-0.2, -0.15) is 26.3 Å². The molecule has 0 aliphatic carbocycles. The first-order valence-electron chi connectivity index (χ1n) is 13.1. The highest BCUT2D eigenvalue weighted by Gasteiger charge is 2.39. The van der Waals surface area contributed by atoms with E-state index in [-0.39, 0.29) is 12.3 Å². The lowest BCUT2D eigenvalue weighted by atomic mass is 10.1. The predicted octanol–water partition coefficient (Wildman–Crippen LogP) is 3.93. The minimum atomic E-state index is -5.08. The molecule has 2 aromatic carbocycles. The Bertz CT molecular complexity index is 1490. The smallest absolute Gasteiger partial charge is 0.489 e. The van der Waals surface area contributed by atoms with Gasteiger partial charge in [0.15, 0.2) is 0 Å². The van der Waals surface area contributed by atoms with Crippen LogP contribution in [0.25, 0.3) is 10.9 Å². The number of rotatable bonds is 6. The first kappa shape index (κ1) is 37.2. The number of carboxylic acid groups (broad SMARTS) is 2. The summed E-state index contributed by atoms with van der Waals surface area (Å²) < 4.78 is 69.5. The Morgan fingerprint density at radius 3 is 2.09 bits per heavy atom. The predicted molar refractivity (Wildman–Crippen MR) is 146 cm³/mol. The van der Waals surface area contributed by atoms with Gasteiger partial charge in [-0.15, -0.1) is 0 Å². The lowest BCUT2D eigenvalue weighted by molar-refractivity contribution is -0.193. The fourth-order valence-corrected chi connectivity index (χ4v) is 3.96. The maximum absolute atomic E-state index is 12.7. The van der Waals surface area contributed by atoms with Gasteiger partial charge in [-0.1, -0.05) is 30.3 Å². The number of hydrazine groups is 1. The van der Waals surface area contributed by atoms with Gasteiger partial charge in [0, 0.05) is 23.2 Å². The van der Waals surface area contributed by atoms with E-state index < -0.39 is 36.2 Å². The number of amides is 2. The first-order chi connectivity index (χ1) is 21.4. The van der Waals surface area contributed by atoms with E-state index in [0.717, 1.165) is 34.1 Å². The average Bonchev–Trinajstić information content (AvgIpc) is 2.99. The van der Waals surface area contributed by atoms with Crippen molar-refractivity contribution in [1.29, 1.82) is 0 Å². The number of nitrogens with one attached hydrogen (secondary N) is 2. The van der Waals surface area contributed by atoms with E-state index in [1.54, 1.807) is 5.48 Å². The summed E-state index contributed by atoms with van der Waals surface area (Å²) in [5.41, 5.74) is 8.35. The molecule has 0 bridgehead atoms. The molecule has 18 heteroatoms. The summed E-state index contributed by atoms with van der Waals surface area (Å²) in [6.45, 7) is 2.99. The maximum atomic E-state index is 12.7. The SMILES string of the molecule is Cc1cc(COc2ccc(CC(=O)N3NCCC[C@@H]3C(=O)NO)cc2)c2ccccc2n1.O=C(O)C(F)(F)F.O=C(O)C(F)(F)F. The van der Waals surface area contributed by atoms with E-state index in [4.69, 9.17) is 29.7 Å². The number of aryl methyl sites for hydroxylation is 1. The number of ether oxygens (including phenoxy) is 1. The molecule has 1 fully saturated rings. The van der Waals surface area contributed by atoms with Gasteiger partial charge < -0.3 is 14.9 Å². The summed E-state index contributed by atoms with van der Waals surface area (Å²) in [6, 6.07) is 16.6. The molecule has 1 aromatic heterocycles. The second-order valence-corrected chi connectivity index (χ2v) is 9.46. The number of carbonyl (C=O) groups excluding carboxylic acids is 2. The Labute approximate surface area is 256 Å². The number of hydroxylamine groups is 1. The van der Waals surface area contributed by atoms with E-state index in [1.807, 2.05) is 61.5 Å². The van der Waals surface area contributed by atoms with Crippen molar-refractivity contribution in [3.05, 3.63) is 71.4 Å². The van der Waals surface area contributed by atoms with Crippen LogP contribution in [0.1, 0.15) is 29.7 Å². The molecule has 2 heterocycles. The molecule has 4 rings (SSSR count). The summed E-state index contributed by atoms with van der Waals surface area (Å²) in [7, 11) is 0. The number of fused-ring (bicyclic) bond motifs is 1. The Morgan fingerprint density at radius 1 is 0.978 bits per heavy atom. The largest absolute Gasteiger partial charge is 0.490 e. The number of nitrogens with zero attached hydrogens (tertiary/aromatic N) is 2. The van der Waals surface area contributed by atoms with E-state index >= 15 is 0 Å². The van der Waals surface area contributed by atoms with Crippen LogP contribution >= 0.6 is 0 Å². The van der Waals surface area contributed by atoms with Crippen molar-refractivity contribution >= 4 is 34.7 Å². The average molecular weight is 663 g/mol. The zero-order valence-corrected chi connectivity index (χ0v) is 23.9. The van der Waals surface area contributed by atoms with Crippen molar-refractivity contribution in [3.8, 4) is 5.75 Å². The third kappa shape index (κ3) is 11.5. The molecule has 46 heavy (non-hydrogen) atoms. The number of hydrogen-bond donors (Lipinski definition) is 5. The zero-order chi connectivity index (χ0) is 34.7. The second kappa shape index (κ2) is 16.4. The van der Waals surface area contributed by atoms with Crippen LogP contribution < -0.4 is 15.6 Å². The number of alkyl halides is 6. The van der Waals surface area contributed by atoms with Crippen molar-refractivity contribution in [2.24, 2.45) is 0 Å². The molecule has 1 saturated heterocycles. The maximum Gasteiger partial charge on any atom is 0.490 e. The second-order valence-electron chi connectivity index (χ2n) is 9.46. The molecule has 0 spiro atoms. The van der Waals surface area contributed by atoms with E-state index in [0.29, 0.717) is 25.3 Å². The Morgan fingerprint density at radius 2 is 1.54 bits per heavy atom. The molecule has 0 unspecified atom stereocenters. The molecule has 1 aliphatic heterocycles. The minimum absolute atomic E-state index is 0.136. The van der Waals surface area contributed by atoms with Crippen LogP contribution in [0.2, 0.25) is 0 Å². The van der Waals surface area contributed by atoms with Crippen LogP contribution in [0.5, 0.6) is 5.75 Å². The number of para-hydroxylation sites is 1. The summed E-state index contributed by atoms with van der Waals surface area (Å²) in [5, 5.41) is 25.6. The lowest BCUT2D eigenvalue weighted by Gasteiger charge is -2.34. The third-order valence-electron chi connectivity index (χ3n) is 6.02. The number of hydrogen-bond acceptors (Lipinski definition) is 8. The number of carboxylic acids is 2. The number of pyridine rings is 1. The fraction of sp³-hybridized carbons (Fsp3) is 0.321. The van der Waals surface area contributed by atoms with Crippen molar-refractivity contribution in [2.75, 3.05) is 6.54 Å². The number of aromatic nitrogens is 1. The third-order valence-corrected chi connectivity index (χ3v) is 6.02. The van der Waals surface area contributed by atoms with Crippen LogP contribution in [-0.4, -0.2) is 74.1 Å². The van der Waals surface area contributed by atoms with Crippen LogP contribution in [0.3, 0.4) is 0 Å². The van der Waals surface area contributed by atoms with Gasteiger partial charge in [0.05, 0.1) is 11.9 Å². The number of halogens is 6. The summed E-state index contributed by atoms with van der Waals surface area (Å²) in [6.07, 6.45) is -8.78. The molecule has 0 saturated carbocycles. The van der Waals surface area contributed by atoms with Gasteiger partial charge in [-0.25, -0.2) is 20.5 Å². The van der Waals surface area contributed by atoms with Crippen LogP contribution in [-0.2, 0) is 32.2 Å². The molecule has 2 amide bonds. The van der Waals surface area contributed by atoms with Crippen LogP contribution in [0, 0.1) is 6.92 Å². The lowest BCUT2D eigenvalue weighted by Crippen LogP contribution is -2.58. The van der Waals surface area contributed by atoms with Crippen LogP contribution in [0.15, 0.2) is 54.6 Å². The van der Waals surface area contributed by atoms with Gasteiger partial charge >= 0.3 is 24.3 Å². The number of carbonyl (C=O) groups is 4. The van der Waals surface area contributed by atoms with Gasteiger partial charge in [-0.3, -0.25) is 24.8 Å². The van der Waals surface area contributed by atoms with Crippen LogP contribution in [0.4, 0.5) is 26.3 Å². The van der Waals surface area contributed by atoms with Gasteiger partial charge in [0.2, 0.25) is 5.91 Å². The van der Waals surface area contributed by atoms with Gasteiger partial charge in [-0.05, 0) is 49.6 Å². The van der Waals surface area contributed by atoms with Crippen molar-refractivity contribution in [2.45, 2.75) is 51.2 Å². The standard InChI is InChI=1S/C24H26N4O4.2C2HF3O2/c1-16-13-18(20-5-2-3-6-21(20)26-16)15-32-19-10-8-17(9-11-19)14-23(29)28-22(24(30)27-31)7-4-12-25-28;2*3-2(4,5)1(6)7/h2-3,5-6,8-11,13,22,25,31H,4,7,12,14-15H2,1H3,(H,27,30);2*(H,6,7)/t22-;;/m1../s1. The summed E-state index contributed by atoms with van der Waals surface area (Å²) in [5.74, 6) is -5.63. The molecule has 3 aromatic rings. The number of aliphatic carboxylic acids is 2. The van der Waals surface area contributed by atoms with Crippen molar-refractivity contribution < 1.29 is 65.7 Å². The normalized spacial score (nSPS) is 14.6. The molecule has 5 N–H and O–H groups in total. The van der Waals surface area contributed by atoms with Crippen molar-refractivity contribution in [1.82, 2.24) is 20.9 Å². The molecule has 1 aliphatic rings. The molecular weight excluding hydrogens is 634 g/mol. The van der Waals surface area contributed by atoms with Gasteiger partial charge in [0.25, 0.3) is 5.91 Å². The number of benzene rings is 2. The molecular formula is C28H28F6N4O8. The Hall–Kier alpha value is -4.97. The first-order valence-corrected chi connectivity index (χ1v) is 13.1. The zero-order valence-electron chi connectivity index (χ0n) is 23.9. The van der Waals surface area contributed by atoms with Gasteiger partial charge in [0.1, 0.15) is 18.4 Å². The van der Waals surface area contributed by atoms with Crippen molar-refractivity contribution in [3.63, 3.8) is 0 Å². The minimum Gasteiger partial charge on any atom is -0.489 e. The van der Waals surface area contributed by atoms with E-state index in [2.05, 4.69) is 10.4 Å². The summed E-state index contributed by atoms with van der Waals surface area (Å²) in [4.78, 5) is 46.9. The highest BCUT2D eigenvalue weighted by Crippen LogP contribution is 2.22. The monoisotopic (exact) mass is 662 g/mol. The molecule has 250 valence electrons. The Balaban J connectivity index is 0.000000440.